The lowest BCUT2D eigenvalue weighted by atomic mass is 10.1. The van der Waals surface area contributed by atoms with Crippen molar-refractivity contribution in [1.82, 2.24) is 10.2 Å². The number of halogens is 1. The molecule has 25 heavy (non-hydrogen) atoms. The Labute approximate surface area is 157 Å². The Hall–Kier alpha value is -1.21. The van der Waals surface area contributed by atoms with Crippen LogP contribution in [0.15, 0.2) is 24.3 Å². The molecule has 1 aliphatic rings. The normalized spacial score (nSPS) is 19.2. The van der Waals surface area contributed by atoms with E-state index in [2.05, 4.69) is 5.32 Å². The van der Waals surface area contributed by atoms with E-state index in [0.29, 0.717) is 31.5 Å². The van der Waals surface area contributed by atoms with Crippen LogP contribution in [-0.2, 0) is 9.59 Å². The number of benzene rings is 1. The van der Waals surface area contributed by atoms with Crippen LogP contribution in [0.3, 0.4) is 0 Å². The molecule has 1 aliphatic heterocycles. The van der Waals surface area contributed by atoms with E-state index in [1.165, 1.54) is 13.0 Å². The van der Waals surface area contributed by atoms with Gasteiger partial charge in [-0.2, -0.15) is 23.5 Å². The Morgan fingerprint density at radius 1 is 1.40 bits per heavy atom. The Morgan fingerprint density at radius 2 is 2.16 bits per heavy atom. The zero-order valence-electron chi connectivity index (χ0n) is 14.7. The van der Waals surface area contributed by atoms with Crippen LogP contribution >= 0.6 is 23.5 Å². The fourth-order valence-corrected chi connectivity index (χ4v) is 4.66. The summed E-state index contributed by atoms with van der Waals surface area (Å²) in [5, 5.41) is 2.83. The van der Waals surface area contributed by atoms with Crippen molar-refractivity contribution >= 4 is 35.3 Å². The summed E-state index contributed by atoms with van der Waals surface area (Å²) in [4.78, 5) is 26.0. The Balaban J connectivity index is 2.01. The summed E-state index contributed by atoms with van der Waals surface area (Å²) < 4.78 is 14.0. The number of amides is 2. The average Bonchev–Trinajstić information content (AvgIpc) is 2.84. The summed E-state index contributed by atoms with van der Waals surface area (Å²) in [6.07, 6.45) is 3.32. The molecule has 2 unspecified atom stereocenters. The number of hydrogen-bond donors (Lipinski definition) is 1. The van der Waals surface area contributed by atoms with Crippen molar-refractivity contribution in [2.45, 2.75) is 31.1 Å². The molecule has 1 fully saturated rings. The van der Waals surface area contributed by atoms with Crippen molar-refractivity contribution in [3.8, 4) is 0 Å². The van der Waals surface area contributed by atoms with E-state index in [0.717, 1.165) is 11.5 Å². The van der Waals surface area contributed by atoms with Gasteiger partial charge < -0.3 is 10.2 Å². The van der Waals surface area contributed by atoms with Gasteiger partial charge in [-0.25, -0.2) is 4.39 Å². The van der Waals surface area contributed by atoms with Gasteiger partial charge >= 0.3 is 0 Å². The van der Waals surface area contributed by atoms with Crippen molar-refractivity contribution in [1.29, 1.82) is 0 Å². The molecule has 1 aromatic carbocycles. The summed E-state index contributed by atoms with van der Waals surface area (Å²) in [7, 11) is 0. The van der Waals surface area contributed by atoms with Crippen LogP contribution in [0.25, 0.3) is 0 Å². The number of carbonyl (C=O) groups is 2. The zero-order valence-corrected chi connectivity index (χ0v) is 16.3. The molecule has 1 N–H and O–H groups in total. The third-order valence-electron chi connectivity index (χ3n) is 4.19. The monoisotopic (exact) mass is 384 g/mol. The minimum atomic E-state index is -0.472. The SMILES string of the molecule is CSCCC(NC(C)=O)C(=O)N1CCSC(c2ccccc2F)CC1. The molecule has 0 saturated carbocycles. The molecular weight excluding hydrogens is 359 g/mol. The predicted octanol–water partition coefficient (Wildman–Crippen LogP) is 3.09. The molecule has 1 aromatic rings. The van der Waals surface area contributed by atoms with E-state index >= 15 is 0 Å². The van der Waals surface area contributed by atoms with Crippen LogP contribution in [0.1, 0.15) is 30.6 Å². The number of thioether (sulfide) groups is 2. The molecule has 0 aromatic heterocycles. The first-order chi connectivity index (χ1) is 12.0. The van der Waals surface area contributed by atoms with Gasteiger partial charge in [0.2, 0.25) is 11.8 Å². The van der Waals surface area contributed by atoms with E-state index in [1.54, 1.807) is 29.6 Å². The van der Waals surface area contributed by atoms with Gasteiger partial charge in [0, 0.05) is 36.6 Å². The fraction of sp³-hybridized carbons (Fsp3) is 0.556. The number of rotatable bonds is 6. The summed E-state index contributed by atoms with van der Waals surface area (Å²) in [6.45, 7) is 2.65. The largest absolute Gasteiger partial charge is 0.345 e. The van der Waals surface area contributed by atoms with Crippen molar-refractivity contribution in [3.05, 3.63) is 35.6 Å². The zero-order chi connectivity index (χ0) is 18.2. The van der Waals surface area contributed by atoms with Gasteiger partial charge in [-0.1, -0.05) is 18.2 Å². The van der Waals surface area contributed by atoms with E-state index in [-0.39, 0.29) is 22.9 Å². The van der Waals surface area contributed by atoms with Gasteiger partial charge in [0.05, 0.1) is 0 Å². The third-order valence-corrected chi connectivity index (χ3v) is 6.15. The quantitative estimate of drug-likeness (QED) is 0.819. The molecule has 0 radical (unpaired) electrons. The molecule has 2 atom stereocenters. The van der Waals surface area contributed by atoms with Crippen molar-refractivity contribution in [2.24, 2.45) is 0 Å². The number of nitrogens with zero attached hydrogens (tertiary/aromatic N) is 1. The van der Waals surface area contributed by atoms with Crippen LogP contribution in [-0.4, -0.2) is 53.6 Å². The third kappa shape index (κ3) is 5.92. The highest BCUT2D eigenvalue weighted by Gasteiger charge is 2.28. The van der Waals surface area contributed by atoms with E-state index in [4.69, 9.17) is 0 Å². The van der Waals surface area contributed by atoms with Gasteiger partial charge in [-0.15, -0.1) is 0 Å². The molecule has 1 heterocycles. The first-order valence-corrected chi connectivity index (χ1v) is 10.9. The lowest BCUT2D eigenvalue weighted by molar-refractivity contribution is -0.135. The van der Waals surface area contributed by atoms with Crippen molar-refractivity contribution in [2.75, 3.05) is 30.9 Å². The Kier molecular flexibility index (Phi) is 8.09. The second-order valence-corrected chi connectivity index (χ2v) is 8.33. The Bertz CT molecular complexity index is 600. The second-order valence-electron chi connectivity index (χ2n) is 6.03. The molecule has 0 spiro atoms. The Morgan fingerprint density at radius 3 is 2.84 bits per heavy atom. The standard InChI is InChI=1S/C18H25FN2O2S2/c1-13(22)20-16(8-11-24-2)18(23)21-9-7-17(25-12-10-21)14-5-3-4-6-15(14)19/h3-6,16-17H,7-12H2,1-2H3,(H,20,22). The summed E-state index contributed by atoms with van der Waals surface area (Å²) >= 11 is 3.35. The molecular formula is C18H25FN2O2S2. The van der Waals surface area contributed by atoms with Crippen molar-refractivity contribution < 1.29 is 14.0 Å². The smallest absolute Gasteiger partial charge is 0.245 e. The van der Waals surface area contributed by atoms with Gasteiger partial charge in [0.1, 0.15) is 11.9 Å². The summed E-state index contributed by atoms with van der Waals surface area (Å²) in [6, 6.07) is 6.38. The first kappa shape index (κ1) is 20.1. The van der Waals surface area contributed by atoms with E-state index < -0.39 is 6.04 Å². The van der Waals surface area contributed by atoms with Crippen LogP contribution in [0.2, 0.25) is 0 Å². The molecule has 4 nitrogen and oxygen atoms in total. The van der Waals surface area contributed by atoms with Crippen molar-refractivity contribution in [3.63, 3.8) is 0 Å². The number of hydrogen-bond acceptors (Lipinski definition) is 4. The van der Waals surface area contributed by atoms with Gasteiger partial charge in [-0.05, 0) is 30.9 Å². The van der Waals surface area contributed by atoms with Crippen LogP contribution in [0, 0.1) is 5.82 Å². The van der Waals surface area contributed by atoms with Crippen LogP contribution in [0.4, 0.5) is 4.39 Å². The summed E-state index contributed by atoms with van der Waals surface area (Å²) in [5.74, 6) is 1.18. The van der Waals surface area contributed by atoms with E-state index in [9.17, 15) is 14.0 Å². The minimum absolute atomic E-state index is 0.0287. The highest BCUT2D eigenvalue weighted by molar-refractivity contribution is 7.99. The topological polar surface area (TPSA) is 49.4 Å². The molecule has 0 aliphatic carbocycles. The average molecular weight is 385 g/mol. The lowest BCUT2D eigenvalue weighted by Gasteiger charge is -2.26. The molecule has 2 rings (SSSR count). The first-order valence-electron chi connectivity index (χ1n) is 8.43. The molecule has 1 saturated heterocycles. The number of nitrogens with one attached hydrogen (secondary N) is 1. The molecule has 138 valence electrons. The maximum absolute atomic E-state index is 14.0. The molecule has 7 heteroatoms. The second kappa shape index (κ2) is 10.1. The fourth-order valence-electron chi connectivity index (χ4n) is 2.93. The molecule has 0 bridgehead atoms. The summed E-state index contributed by atoms with van der Waals surface area (Å²) in [5.41, 5.74) is 0.711. The van der Waals surface area contributed by atoms with E-state index in [1.807, 2.05) is 23.3 Å². The maximum atomic E-state index is 14.0. The number of carbonyl (C=O) groups excluding carboxylic acids is 2. The van der Waals surface area contributed by atoms with Gasteiger partial charge in [0.15, 0.2) is 0 Å². The maximum Gasteiger partial charge on any atom is 0.245 e. The van der Waals surface area contributed by atoms with Gasteiger partial charge in [-0.3, -0.25) is 9.59 Å². The van der Waals surface area contributed by atoms with Crippen LogP contribution < -0.4 is 5.32 Å². The van der Waals surface area contributed by atoms with Gasteiger partial charge in [0.25, 0.3) is 0 Å². The highest BCUT2D eigenvalue weighted by atomic mass is 32.2. The predicted molar refractivity (Wildman–Crippen MR) is 103 cm³/mol. The minimum Gasteiger partial charge on any atom is -0.345 e. The highest BCUT2D eigenvalue weighted by Crippen LogP contribution is 2.35. The van der Waals surface area contributed by atoms with Crippen LogP contribution in [0.5, 0.6) is 0 Å². The molecule has 2 amide bonds. The lowest BCUT2D eigenvalue weighted by Crippen LogP contribution is -2.49.